The van der Waals surface area contributed by atoms with Crippen LogP contribution in [0.5, 0.6) is 17.2 Å². The summed E-state index contributed by atoms with van der Waals surface area (Å²) >= 11 is 0. The molecule has 0 saturated heterocycles. The van der Waals surface area contributed by atoms with Crippen molar-refractivity contribution < 1.29 is 24.2 Å². The summed E-state index contributed by atoms with van der Waals surface area (Å²) in [5.41, 5.74) is 0.912. The van der Waals surface area contributed by atoms with Crippen LogP contribution in [0.2, 0.25) is 0 Å². The minimum atomic E-state index is -0.701. The van der Waals surface area contributed by atoms with Gasteiger partial charge >= 0.3 is 11.9 Å². The SMILES string of the molecule is C=CC(=O)Oc1cc(O)c(OC(=O)C=C)c2ccc(C)cc12. The lowest BCUT2D eigenvalue weighted by atomic mass is 10.0. The Hall–Kier alpha value is -3.08. The number of esters is 2. The van der Waals surface area contributed by atoms with Crippen LogP contribution in [0.3, 0.4) is 0 Å². The minimum absolute atomic E-state index is 0.0155. The van der Waals surface area contributed by atoms with Gasteiger partial charge in [-0.25, -0.2) is 9.59 Å². The molecular formula is C17H14O5. The third-order valence-corrected chi connectivity index (χ3v) is 2.93. The van der Waals surface area contributed by atoms with Crippen molar-refractivity contribution in [2.45, 2.75) is 6.92 Å². The summed E-state index contributed by atoms with van der Waals surface area (Å²) in [6.45, 7) is 8.50. The number of hydrogen-bond acceptors (Lipinski definition) is 5. The summed E-state index contributed by atoms with van der Waals surface area (Å²) in [5.74, 6) is -1.54. The van der Waals surface area contributed by atoms with Gasteiger partial charge in [-0.15, -0.1) is 0 Å². The van der Waals surface area contributed by atoms with Gasteiger partial charge in [0.05, 0.1) is 0 Å². The number of aryl methyl sites for hydroxylation is 1. The van der Waals surface area contributed by atoms with Crippen molar-refractivity contribution in [1.29, 1.82) is 0 Å². The molecule has 0 atom stereocenters. The molecule has 0 unspecified atom stereocenters. The molecule has 0 aromatic heterocycles. The molecule has 0 aliphatic carbocycles. The molecule has 0 bridgehead atoms. The van der Waals surface area contributed by atoms with E-state index in [0.717, 1.165) is 17.7 Å². The lowest BCUT2D eigenvalue weighted by Crippen LogP contribution is -2.06. The second-order valence-electron chi connectivity index (χ2n) is 4.52. The molecule has 0 aliphatic heterocycles. The predicted molar refractivity (Wildman–Crippen MR) is 82.0 cm³/mol. The summed E-state index contributed by atoms with van der Waals surface area (Å²) in [6, 6.07) is 6.42. The van der Waals surface area contributed by atoms with Gasteiger partial charge in [-0.05, 0) is 13.0 Å². The standard InChI is InChI=1S/C17H14O5/c1-4-15(19)21-14-9-13(18)17(22-16(20)5-2)11-7-6-10(3)8-12(11)14/h4-9,18H,1-2H2,3H3. The normalized spacial score (nSPS) is 10.0. The summed E-state index contributed by atoms with van der Waals surface area (Å²) < 4.78 is 10.2. The van der Waals surface area contributed by atoms with Crippen LogP contribution in [0.25, 0.3) is 10.8 Å². The first-order valence-electron chi connectivity index (χ1n) is 6.41. The first-order chi connectivity index (χ1) is 10.5. The first kappa shape index (κ1) is 15.3. The van der Waals surface area contributed by atoms with Gasteiger partial charge in [0.1, 0.15) is 5.75 Å². The van der Waals surface area contributed by atoms with Crippen molar-refractivity contribution in [1.82, 2.24) is 0 Å². The number of phenols is 1. The maximum atomic E-state index is 11.4. The fourth-order valence-corrected chi connectivity index (χ4v) is 1.95. The highest BCUT2D eigenvalue weighted by Gasteiger charge is 2.17. The van der Waals surface area contributed by atoms with Crippen molar-refractivity contribution in [2.24, 2.45) is 0 Å². The van der Waals surface area contributed by atoms with E-state index in [1.165, 1.54) is 6.07 Å². The summed E-state index contributed by atoms with van der Waals surface area (Å²) in [4.78, 5) is 22.8. The third kappa shape index (κ3) is 2.98. The lowest BCUT2D eigenvalue weighted by molar-refractivity contribution is -0.130. The van der Waals surface area contributed by atoms with Gasteiger partial charge in [0, 0.05) is 29.0 Å². The number of fused-ring (bicyclic) bond motifs is 1. The molecular weight excluding hydrogens is 284 g/mol. The van der Waals surface area contributed by atoms with E-state index in [1.54, 1.807) is 18.2 Å². The predicted octanol–water partition coefficient (Wildman–Crippen LogP) is 3.04. The molecule has 0 heterocycles. The Balaban J connectivity index is 2.68. The van der Waals surface area contributed by atoms with Gasteiger partial charge in [0.25, 0.3) is 0 Å². The van der Waals surface area contributed by atoms with Crippen LogP contribution in [-0.4, -0.2) is 17.0 Å². The van der Waals surface area contributed by atoms with E-state index < -0.39 is 11.9 Å². The number of phenolic OH excluding ortho intramolecular Hbond substituents is 1. The van der Waals surface area contributed by atoms with Gasteiger partial charge in [-0.2, -0.15) is 0 Å². The van der Waals surface area contributed by atoms with Crippen molar-refractivity contribution in [3.8, 4) is 17.2 Å². The second-order valence-corrected chi connectivity index (χ2v) is 4.52. The van der Waals surface area contributed by atoms with Gasteiger partial charge in [-0.3, -0.25) is 0 Å². The van der Waals surface area contributed by atoms with E-state index in [9.17, 15) is 14.7 Å². The number of carbonyl (C=O) groups excluding carboxylic acids is 2. The molecule has 0 fully saturated rings. The molecule has 0 spiro atoms. The van der Waals surface area contributed by atoms with Gasteiger partial charge < -0.3 is 14.6 Å². The van der Waals surface area contributed by atoms with Crippen LogP contribution >= 0.6 is 0 Å². The monoisotopic (exact) mass is 298 g/mol. The van der Waals surface area contributed by atoms with Crippen molar-refractivity contribution in [3.05, 3.63) is 55.1 Å². The average molecular weight is 298 g/mol. The number of aromatic hydroxyl groups is 1. The molecule has 112 valence electrons. The third-order valence-electron chi connectivity index (χ3n) is 2.93. The summed E-state index contributed by atoms with van der Waals surface area (Å²) in [7, 11) is 0. The number of carbonyl (C=O) groups is 2. The van der Waals surface area contributed by atoms with E-state index in [0.29, 0.717) is 10.8 Å². The Labute approximate surface area is 127 Å². The molecule has 0 amide bonds. The Bertz CT molecular complexity index is 789. The first-order valence-corrected chi connectivity index (χ1v) is 6.41. The Morgan fingerprint density at radius 2 is 1.68 bits per heavy atom. The molecule has 2 aromatic carbocycles. The zero-order valence-corrected chi connectivity index (χ0v) is 12.0. The summed E-state index contributed by atoms with van der Waals surface area (Å²) in [6.07, 6.45) is 2.01. The van der Waals surface area contributed by atoms with E-state index in [4.69, 9.17) is 9.47 Å². The Morgan fingerprint density at radius 3 is 2.32 bits per heavy atom. The van der Waals surface area contributed by atoms with Gasteiger partial charge in [-0.1, -0.05) is 30.9 Å². The fourth-order valence-electron chi connectivity index (χ4n) is 1.95. The maximum absolute atomic E-state index is 11.4. The van der Waals surface area contributed by atoms with Crippen LogP contribution in [0.1, 0.15) is 5.56 Å². The zero-order chi connectivity index (χ0) is 16.3. The van der Waals surface area contributed by atoms with E-state index >= 15 is 0 Å². The molecule has 0 saturated carbocycles. The average Bonchev–Trinajstić information content (AvgIpc) is 2.50. The molecule has 2 aromatic rings. The van der Waals surface area contributed by atoms with Crippen LogP contribution in [-0.2, 0) is 9.59 Å². The van der Waals surface area contributed by atoms with Crippen LogP contribution in [0.4, 0.5) is 0 Å². The van der Waals surface area contributed by atoms with E-state index in [2.05, 4.69) is 13.2 Å². The number of ether oxygens (including phenoxy) is 2. The topological polar surface area (TPSA) is 72.8 Å². The number of hydrogen-bond donors (Lipinski definition) is 1. The van der Waals surface area contributed by atoms with E-state index in [-0.39, 0.29) is 17.2 Å². The summed E-state index contributed by atoms with van der Waals surface area (Å²) in [5, 5.41) is 11.0. The zero-order valence-electron chi connectivity index (χ0n) is 12.0. The molecule has 0 aliphatic rings. The Kier molecular flexibility index (Phi) is 4.27. The molecule has 5 nitrogen and oxygen atoms in total. The van der Waals surface area contributed by atoms with Gasteiger partial charge in [0.15, 0.2) is 11.5 Å². The highest BCUT2D eigenvalue weighted by Crippen LogP contribution is 2.41. The highest BCUT2D eigenvalue weighted by molar-refractivity contribution is 6.00. The molecule has 22 heavy (non-hydrogen) atoms. The van der Waals surface area contributed by atoms with E-state index in [1.807, 2.05) is 6.92 Å². The quantitative estimate of drug-likeness (QED) is 0.533. The highest BCUT2D eigenvalue weighted by atomic mass is 16.5. The van der Waals surface area contributed by atoms with Gasteiger partial charge in [0.2, 0.25) is 0 Å². The minimum Gasteiger partial charge on any atom is -0.504 e. The smallest absolute Gasteiger partial charge is 0.335 e. The molecule has 5 heteroatoms. The van der Waals surface area contributed by atoms with Crippen molar-refractivity contribution >= 4 is 22.7 Å². The van der Waals surface area contributed by atoms with Crippen LogP contribution < -0.4 is 9.47 Å². The Morgan fingerprint density at radius 1 is 1.05 bits per heavy atom. The fraction of sp³-hybridized carbons (Fsp3) is 0.0588. The largest absolute Gasteiger partial charge is 0.504 e. The van der Waals surface area contributed by atoms with Crippen molar-refractivity contribution in [3.63, 3.8) is 0 Å². The molecule has 2 rings (SSSR count). The van der Waals surface area contributed by atoms with Crippen LogP contribution in [0, 0.1) is 6.92 Å². The number of rotatable bonds is 4. The van der Waals surface area contributed by atoms with Crippen molar-refractivity contribution in [2.75, 3.05) is 0 Å². The maximum Gasteiger partial charge on any atom is 0.335 e. The van der Waals surface area contributed by atoms with Crippen LogP contribution in [0.15, 0.2) is 49.6 Å². The molecule has 1 N–H and O–H groups in total. The lowest BCUT2D eigenvalue weighted by Gasteiger charge is -2.13. The molecule has 0 radical (unpaired) electrons. The second kappa shape index (κ2) is 6.13. The number of benzene rings is 2.